The largest absolute Gasteiger partial charge is 0.103 e. The number of unbranched alkanes of at least 4 members (excludes halogenated alkanes) is 14. The maximum atomic E-state index is 3.77. The Balaban J connectivity index is 2.89. The van der Waals surface area contributed by atoms with Gasteiger partial charge in [-0.05, 0) is 12.8 Å². The third kappa shape index (κ3) is 18.0. The van der Waals surface area contributed by atoms with Gasteiger partial charge in [0.15, 0.2) is 0 Å². The molecule has 0 aliphatic heterocycles. The van der Waals surface area contributed by atoms with E-state index in [1.807, 2.05) is 6.08 Å². The second-order valence-corrected chi connectivity index (χ2v) is 7.03. The van der Waals surface area contributed by atoms with Crippen molar-refractivity contribution in [3.8, 4) is 0 Å². The zero-order valence-electron chi connectivity index (χ0n) is 13.6. The third-order valence-corrected chi connectivity index (χ3v) is 4.72. The Bertz CT molecular complexity index is 165. The van der Waals surface area contributed by atoms with Crippen molar-refractivity contribution in [2.45, 2.75) is 102 Å². The highest BCUT2D eigenvalue weighted by Crippen LogP contribution is 2.13. The van der Waals surface area contributed by atoms with Gasteiger partial charge in [-0.1, -0.05) is 95.6 Å². The monoisotopic (exact) mass is 282 g/mol. The van der Waals surface area contributed by atoms with E-state index >= 15 is 0 Å². The molecule has 0 aliphatic carbocycles. The summed E-state index contributed by atoms with van der Waals surface area (Å²) < 4.78 is 0. The van der Waals surface area contributed by atoms with Crippen molar-refractivity contribution in [3.05, 3.63) is 12.7 Å². The van der Waals surface area contributed by atoms with Crippen molar-refractivity contribution in [1.82, 2.24) is 0 Å². The first kappa shape index (κ1) is 19.0. The molecule has 0 aromatic rings. The Morgan fingerprint density at radius 2 is 0.842 bits per heavy atom. The first-order valence-electron chi connectivity index (χ1n) is 9.02. The van der Waals surface area contributed by atoms with Gasteiger partial charge in [-0.3, -0.25) is 0 Å². The van der Waals surface area contributed by atoms with E-state index < -0.39 is 0 Å². The highest BCUT2D eigenvalue weighted by atomic mass is 28.1. The molecule has 0 fully saturated rings. The van der Waals surface area contributed by atoms with Crippen molar-refractivity contribution < 1.29 is 0 Å². The molecule has 0 rings (SSSR count). The fourth-order valence-electron chi connectivity index (χ4n) is 2.66. The molecule has 0 aromatic carbocycles. The normalized spacial score (nSPS) is 10.9. The van der Waals surface area contributed by atoms with Crippen LogP contribution in [0.5, 0.6) is 0 Å². The Morgan fingerprint density at radius 1 is 0.526 bits per heavy atom. The van der Waals surface area contributed by atoms with Crippen LogP contribution in [0.4, 0.5) is 0 Å². The molecule has 0 amide bonds. The lowest BCUT2D eigenvalue weighted by atomic mass is 10.0. The highest BCUT2D eigenvalue weighted by molar-refractivity contribution is 6.08. The molecule has 0 bridgehead atoms. The molecule has 19 heavy (non-hydrogen) atoms. The zero-order chi connectivity index (χ0) is 14.0. The van der Waals surface area contributed by atoms with Crippen LogP contribution in [-0.4, -0.2) is 10.2 Å². The summed E-state index contributed by atoms with van der Waals surface area (Å²) in [7, 11) is 1.41. The summed E-state index contributed by atoms with van der Waals surface area (Å²) in [5.41, 5.74) is 0. The second kappa shape index (κ2) is 18.0. The summed E-state index contributed by atoms with van der Waals surface area (Å²) in [4.78, 5) is 0. The first-order chi connectivity index (χ1) is 9.41. The molecule has 0 N–H and O–H groups in total. The predicted molar refractivity (Wildman–Crippen MR) is 94.2 cm³/mol. The van der Waals surface area contributed by atoms with E-state index in [4.69, 9.17) is 0 Å². The number of hydrogen-bond acceptors (Lipinski definition) is 0. The fourth-order valence-corrected chi connectivity index (χ4v) is 3.16. The van der Waals surface area contributed by atoms with Crippen molar-refractivity contribution in [2.75, 3.05) is 0 Å². The van der Waals surface area contributed by atoms with E-state index in [0.29, 0.717) is 0 Å². The summed E-state index contributed by atoms with van der Waals surface area (Å²) in [6, 6.07) is 1.51. The third-order valence-electron chi connectivity index (χ3n) is 4.01. The molecular weight excluding hydrogens is 244 g/mol. The summed E-state index contributed by atoms with van der Waals surface area (Å²) in [6.07, 6.45) is 23.8. The summed E-state index contributed by atoms with van der Waals surface area (Å²) in [6.45, 7) is 3.77. The van der Waals surface area contributed by atoms with E-state index in [-0.39, 0.29) is 0 Å². The van der Waals surface area contributed by atoms with Crippen LogP contribution >= 0.6 is 0 Å². The Kier molecular flexibility index (Phi) is 17.9. The number of hydrogen-bond donors (Lipinski definition) is 0. The van der Waals surface area contributed by atoms with Gasteiger partial charge < -0.3 is 0 Å². The van der Waals surface area contributed by atoms with Gasteiger partial charge >= 0.3 is 0 Å². The van der Waals surface area contributed by atoms with Gasteiger partial charge in [0, 0.05) is 10.2 Å². The second-order valence-electron chi connectivity index (χ2n) is 6.03. The highest BCUT2D eigenvalue weighted by Gasteiger charge is 1.93. The summed E-state index contributed by atoms with van der Waals surface area (Å²) in [5.74, 6) is 0. The molecule has 0 saturated heterocycles. The molecular formula is C18H38Si. The molecule has 0 heterocycles. The maximum Gasteiger partial charge on any atom is 0.00279 e. The number of allylic oxidation sites excluding steroid dienone is 1. The van der Waals surface area contributed by atoms with E-state index in [1.165, 1.54) is 113 Å². The van der Waals surface area contributed by atoms with Crippen LogP contribution in [0.1, 0.15) is 96.3 Å². The molecule has 0 saturated carbocycles. The van der Waals surface area contributed by atoms with Crippen LogP contribution < -0.4 is 0 Å². The average Bonchev–Trinajstić information content (AvgIpc) is 2.43. The summed E-state index contributed by atoms with van der Waals surface area (Å²) in [5, 5.41) is 0. The minimum atomic E-state index is 1.21. The van der Waals surface area contributed by atoms with Crippen LogP contribution in [0, 0.1) is 0 Å². The van der Waals surface area contributed by atoms with Crippen LogP contribution in [-0.2, 0) is 0 Å². The molecule has 114 valence electrons. The quantitative estimate of drug-likeness (QED) is 0.190. The first-order valence-corrected chi connectivity index (χ1v) is 10.4. The Morgan fingerprint density at radius 3 is 1.16 bits per heavy atom. The minimum Gasteiger partial charge on any atom is -0.103 e. The van der Waals surface area contributed by atoms with E-state index in [2.05, 4.69) is 6.58 Å². The predicted octanol–water partition coefficient (Wildman–Crippen LogP) is 5.81. The standard InChI is InChI=1S/C18H38Si/c1-2-3-4-5-6-7-8-9-10-11-12-13-14-15-16-17-18-19/h2H,1,3-18H2,19H3. The van der Waals surface area contributed by atoms with E-state index in [9.17, 15) is 0 Å². The minimum absolute atomic E-state index is 1.21. The van der Waals surface area contributed by atoms with Gasteiger partial charge in [0.25, 0.3) is 0 Å². The summed E-state index contributed by atoms with van der Waals surface area (Å²) >= 11 is 0. The number of rotatable bonds is 16. The van der Waals surface area contributed by atoms with Crippen molar-refractivity contribution in [2.24, 2.45) is 0 Å². The van der Waals surface area contributed by atoms with Gasteiger partial charge in [-0.2, -0.15) is 0 Å². The Hall–Kier alpha value is -0.0431. The molecule has 0 radical (unpaired) electrons. The fraction of sp³-hybridized carbons (Fsp3) is 0.889. The van der Waals surface area contributed by atoms with Crippen LogP contribution in [0.2, 0.25) is 6.04 Å². The van der Waals surface area contributed by atoms with Crippen LogP contribution in [0.25, 0.3) is 0 Å². The Labute approximate surface area is 125 Å². The van der Waals surface area contributed by atoms with Crippen LogP contribution in [0.3, 0.4) is 0 Å². The van der Waals surface area contributed by atoms with Gasteiger partial charge in [0.2, 0.25) is 0 Å². The van der Waals surface area contributed by atoms with Gasteiger partial charge in [-0.25, -0.2) is 0 Å². The van der Waals surface area contributed by atoms with E-state index in [1.54, 1.807) is 0 Å². The van der Waals surface area contributed by atoms with Crippen LogP contribution in [0.15, 0.2) is 12.7 Å². The van der Waals surface area contributed by atoms with E-state index in [0.717, 1.165) is 0 Å². The molecule has 0 aromatic heterocycles. The SMILES string of the molecule is C=CCCCCCCCCCCCCCCCC[SiH3]. The lowest BCUT2D eigenvalue weighted by Crippen LogP contribution is -1.83. The topological polar surface area (TPSA) is 0 Å². The lowest BCUT2D eigenvalue weighted by Gasteiger charge is -2.03. The zero-order valence-corrected chi connectivity index (χ0v) is 15.6. The average molecular weight is 283 g/mol. The van der Waals surface area contributed by atoms with Crippen molar-refractivity contribution in [3.63, 3.8) is 0 Å². The van der Waals surface area contributed by atoms with Gasteiger partial charge in [0.05, 0.1) is 0 Å². The molecule has 0 nitrogen and oxygen atoms in total. The van der Waals surface area contributed by atoms with Crippen molar-refractivity contribution in [1.29, 1.82) is 0 Å². The maximum absolute atomic E-state index is 3.77. The lowest BCUT2D eigenvalue weighted by molar-refractivity contribution is 0.536. The van der Waals surface area contributed by atoms with Gasteiger partial charge in [-0.15, -0.1) is 6.58 Å². The molecule has 1 heteroatoms. The van der Waals surface area contributed by atoms with Gasteiger partial charge in [0.1, 0.15) is 0 Å². The molecule has 0 spiro atoms. The molecule has 0 atom stereocenters. The molecule has 0 unspecified atom stereocenters. The smallest absolute Gasteiger partial charge is 0.00279 e. The van der Waals surface area contributed by atoms with Crippen molar-refractivity contribution >= 4 is 10.2 Å². The molecule has 0 aliphatic rings.